The number of thiazole rings is 1. The smallest absolute Gasteiger partial charge is 0.275 e. The van der Waals surface area contributed by atoms with E-state index in [-0.39, 0.29) is 11.9 Å². The first kappa shape index (κ1) is 15.4. The monoisotopic (exact) mass is 327 g/mol. The molecule has 0 saturated heterocycles. The average molecular weight is 327 g/mol. The maximum absolute atomic E-state index is 12.4. The summed E-state index contributed by atoms with van der Waals surface area (Å²) in [6.45, 7) is 4.10. The molecular formula is C16H17N5OS. The molecule has 1 N–H and O–H groups in total. The van der Waals surface area contributed by atoms with Crippen molar-refractivity contribution < 1.29 is 4.79 Å². The van der Waals surface area contributed by atoms with Crippen LogP contribution in [0.4, 0.5) is 5.82 Å². The minimum Gasteiger partial charge on any atom is -0.305 e. The molecule has 1 unspecified atom stereocenters. The summed E-state index contributed by atoms with van der Waals surface area (Å²) >= 11 is 1.48. The van der Waals surface area contributed by atoms with Gasteiger partial charge in [-0.05, 0) is 31.5 Å². The Balaban J connectivity index is 1.77. The molecule has 3 rings (SSSR count). The molecule has 0 radical (unpaired) electrons. The Morgan fingerprint density at radius 1 is 1.30 bits per heavy atom. The zero-order valence-corrected chi connectivity index (χ0v) is 13.7. The minimum atomic E-state index is -0.200. The molecule has 0 aromatic carbocycles. The van der Waals surface area contributed by atoms with Gasteiger partial charge in [0.15, 0.2) is 0 Å². The van der Waals surface area contributed by atoms with Crippen molar-refractivity contribution in [3.8, 4) is 10.6 Å². The molecule has 0 saturated carbocycles. The molecule has 23 heavy (non-hydrogen) atoms. The zero-order valence-electron chi connectivity index (χ0n) is 12.9. The van der Waals surface area contributed by atoms with E-state index >= 15 is 0 Å². The van der Waals surface area contributed by atoms with Gasteiger partial charge < -0.3 is 5.32 Å². The predicted molar refractivity (Wildman–Crippen MR) is 90.5 cm³/mol. The molecule has 0 aliphatic rings. The van der Waals surface area contributed by atoms with Crippen LogP contribution in [0, 0.1) is 0 Å². The Hall–Kier alpha value is -2.54. The number of carbonyl (C=O) groups excluding carboxylic acids is 1. The third-order valence-corrected chi connectivity index (χ3v) is 4.48. The van der Waals surface area contributed by atoms with E-state index in [9.17, 15) is 4.79 Å². The van der Waals surface area contributed by atoms with Crippen LogP contribution in [0.15, 0.2) is 42.2 Å². The molecule has 0 aliphatic heterocycles. The van der Waals surface area contributed by atoms with Crippen LogP contribution in [-0.4, -0.2) is 25.7 Å². The van der Waals surface area contributed by atoms with Crippen molar-refractivity contribution in [2.75, 3.05) is 5.32 Å². The second-order valence-corrected chi connectivity index (χ2v) is 6.00. The SMILES string of the molecule is CCC(C)n1nccc1C(=O)Nc1csc(-c2ccncc2)n1. The van der Waals surface area contributed by atoms with E-state index in [0.29, 0.717) is 11.5 Å². The first-order valence-electron chi connectivity index (χ1n) is 7.39. The number of carbonyl (C=O) groups is 1. The molecule has 3 aromatic rings. The molecule has 7 heteroatoms. The summed E-state index contributed by atoms with van der Waals surface area (Å²) < 4.78 is 1.74. The van der Waals surface area contributed by atoms with Gasteiger partial charge in [-0.25, -0.2) is 4.98 Å². The number of nitrogens with one attached hydrogen (secondary N) is 1. The van der Waals surface area contributed by atoms with Crippen molar-refractivity contribution in [3.63, 3.8) is 0 Å². The van der Waals surface area contributed by atoms with Crippen LogP contribution >= 0.6 is 11.3 Å². The average Bonchev–Trinajstić information content (AvgIpc) is 3.24. The lowest BCUT2D eigenvalue weighted by Gasteiger charge is -2.12. The van der Waals surface area contributed by atoms with Gasteiger partial charge in [-0.15, -0.1) is 11.3 Å². The van der Waals surface area contributed by atoms with Crippen LogP contribution in [-0.2, 0) is 0 Å². The van der Waals surface area contributed by atoms with Crippen molar-refractivity contribution in [2.45, 2.75) is 26.3 Å². The fraction of sp³-hybridized carbons (Fsp3) is 0.250. The number of amides is 1. The van der Waals surface area contributed by atoms with E-state index in [0.717, 1.165) is 17.0 Å². The standard InChI is InChI=1S/C16H17N5OS/c1-3-11(2)21-13(6-9-18-21)15(22)19-14-10-23-16(20-14)12-4-7-17-8-5-12/h4-11H,3H2,1-2H3,(H,19,22). The Morgan fingerprint density at radius 3 is 2.83 bits per heavy atom. The van der Waals surface area contributed by atoms with E-state index in [4.69, 9.17) is 0 Å². The highest BCUT2D eigenvalue weighted by molar-refractivity contribution is 7.13. The quantitative estimate of drug-likeness (QED) is 0.777. The fourth-order valence-corrected chi connectivity index (χ4v) is 2.91. The number of hydrogen-bond acceptors (Lipinski definition) is 5. The summed E-state index contributed by atoms with van der Waals surface area (Å²) in [5, 5.41) is 9.75. The third kappa shape index (κ3) is 3.29. The van der Waals surface area contributed by atoms with Crippen LogP contribution in [0.3, 0.4) is 0 Å². The largest absolute Gasteiger partial charge is 0.305 e. The van der Waals surface area contributed by atoms with Gasteiger partial charge in [0.25, 0.3) is 5.91 Å². The zero-order chi connectivity index (χ0) is 16.2. The fourth-order valence-electron chi connectivity index (χ4n) is 2.16. The van der Waals surface area contributed by atoms with Gasteiger partial charge in [0.1, 0.15) is 16.5 Å². The highest BCUT2D eigenvalue weighted by atomic mass is 32.1. The summed E-state index contributed by atoms with van der Waals surface area (Å²) in [6.07, 6.45) is 5.99. The van der Waals surface area contributed by atoms with E-state index in [2.05, 4.69) is 27.3 Å². The molecule has 3 heterocycles. The summed E-state index contributed by atoms with van der Waals surface area (Å²) in [5.74, 6) is 0.345. The van der Waals surface area contributed by atoms with Crippen molar-refractivity contribution in [1.82, 2.24) is 19.7 Å². The number of nitrogens with zero attached hydrogens (tertiary/aromatic N) is 4. The van der Waals surface area contributed by atoms with Crippen LogP contribution in [0.5, 0.6) is 0 Å². The first-order chi connectivity index (χ1) is 11.2. The van der Waals surface area contributed by atoms with Gasteiger partial charge in [0.05, 0.1) is 0 Å². The predicted octanol–water partition coefficient (Wildman–Crippen LogP) is 3.62. The van der Waals surface area contributed by atoms with Crippen molar-refractivity contribution in [3.05, 3.63) is 47.9 Å². The molecular weight excluding hydrogens is 310 g/mol. The van der Waals surface area contributed by atoms with E-state index in [1.54, 1.807) is 29.3 Å². The Labute approximate surface area is 138 Å². The molecule has 6 nitrogen and oxygen atoms in total. The highest BCUT2D eigenvalue weighted by Gasteiger charge is 2.16. The maximum atomic E-state index is 12.4. The van der Waals surface area contributed by atoms with Crippen LogP contribution < -0.4 is 5.32 Å². The number of hydrogen-bond donors (Lipinski definition) is 1. The Kier molecular flexibility index (Phi) is 4.47. The summed E-state index contributed by atoms with van der Waals surface area (Å²) in [4.78, 5) is 20.9. The highest BCUT2D eigenvalue weighted by Crippen LogP contribution is 2.25. The van der Waals surface area contributed by atoms with Gasteiger partial charge in [-0.3, -0.25) is 14.5 Å². The lowest BCUT2D eigenvalue weighted by molar-refractivity contribution is 0.101. The van der Waals surface area contributed by atoms with E-state index in [1.807, 2.05) is 24.4 Å². The molecule has 118 valence electrons. The third-order valence-electron chi connectivity index (χ3n) is 3.58. The molecule has 3 aromatic heterocycles. The van der Waals surface area contributed by atoms with Crippen LogP contribution in [0.2, 0.25) is 0 Å². The minimum absolute atomic E-state index is 0.175. The van der Waals surface area contributed by atoms with Gasteiger partial charge in [0.2, 0.25) is 0 Å². The number of rotatable bonds is 5. The number of anilines is 1. The van der Waals surface area contributed by atoms with Gasteiger partial charge in [0, 0.05) is 35.6 Å². The van der Waals surface area contributed by atoms with E-state index in [1.165, 1.54) is 11.3 Å². The van der Waals surface area contributed by atoms with Crippen molar-refractivity contribution in [2.24, 2.45) is 0 Å². The molecule has 1 atom stereocenters. The number of aromatic nitrogens is 4. The number of pyridine rings is 1. The van der Waals surface area contributed by atoms with Gasteiger partial charge in [-0.2, -0.15) is 5.10 Å². The van der Waals surface area contributed by atoms with Gasteiger partial charge >= 0.3 is 0 Å². The lowest BCUT2D eigenvalue weighted by Crippen LogP contribution is -2.19. The second kappa shape index (κ2) is 6.70. The lowest BCUT2D eigenvalue weighted by atomic mass is 10.2. The molecule has 0 bridgehead atoms. The van der Waals surface area contributed by atoms with Crippen molar-refractivity contribution in [1.29, 1.82) is 0 Å². The Bertz CT molecular complexity index is 796. The van der Waals surface area contributed by atoms with E-state index < -0.39 is 0 Å². The van der Waals surface area contributed by atoms with Crippen molar-refractivity contribution >= 4 is 23.1 Å². The molecule has 1 amide bonds. The van der Waals surface area contributed by atoms with Crippen LogP contribution in [0.25, 0.3) is 10.6 Å². The topological polar surface area (TPSA) is 72.7 Å². The maximum Gasteiger partial charge on any atom is 0.275 e. The summed E-state index contributed by atoms with van der Waals surface area (Å²) in [5.41, 5.74) is 1.52. The molecule has 0 fully saturated rings. The normalized spacial score (nSPS) is 12.1. The summed E-state index contributed by atoms with van der Waals surface area (Å²) in [7, 11) is 0. The second-order valence-electron chi connectivity index (χ2n) is 5.15. The van der Waals surface area contributed by atoms with Crippen LogP contribution in [0.1, 0.15) is 36.8 Å². The molecule has 0 spiro atoms. The summed E-state index contributed by atoms with van der Waals surface area (Å²) in [6, 6.07) is 5.68. The van der Waals surface area contributed by atoms with Gasteiger partial charge in [-0.1, -0.05) is 6.92 Å². The first-order valence-corrected chi connectivity index (χ1v) is 8.27. The molecule has 0 aliphatic carbocycles. The Morgan fingerprint density at radius 2 is 2.09 bits per heavy atom.